The molecule has 2 aromatic carbocycles. The Hall–Kier alpha value is -3.88. The van der Waals surface area contributed by atoms with Crippen molar-refractivity contribution in [2.45, 2.75) is 58.0 Å². The van der Waals surface area contributed by atoms with Gasteiger partial charge in [0.2, 0.25) is 5.91 Å². The SMILES string of the molecule is Cc1cc(C(=O)NCc2cc(C(=N)N)ccc2O)ccc1N(C(=O)CCC(=O)O)C1CCCC1. The minimum Gasteiger partial charge on any atom is -0.508 e. The molecule has 0 saturated heterocycles. The molecule has 2 aromatic rings. The summed E-state index contributed by atoms with van der Waals surface area (Å²) in [6, 6.07) is 9.59. The van der Waals surface area contributed by atoms with Crippen molar-refractivity contribution in [3.8, 4) is 5.75 Å². The van der Waals surface area contributed by atoms with E-state index >= 15 is 0 Å². The fraction of sp³-hybridized carbons (Fsp3) is 0.360. The number of amidine groups is 1. The van der Waals surface area contributed by atoms with E-state index in [0.717, 1.165) is 31.2 Å². The van der Waals surface area contributed by atoms with E-state index in [9.17, 15) is 19.5 Å². The lowest BCUT2D eigenvalue weighted by Gasteiger charge is -2.30. The van der Waals surface area contributed by atoms with Gasteiger partial charge in [-0.3, -0.25) is 19.8 Å². The zero-order chi connectivity index (χ0) is 24.8. The van der Waals surface area contributed by atoms with Crippen molar-refractivity contribution < 1.29 is 24.6 Å². The standard InChI is InChI=1S/C25H30N4O5/c1-15-12-17(25(34)28-14-18-13-16(24(26)27)7-9-21(18)30)6-8-20(15)29(19-4-2-3-5-19)22(31)10-11-23(32)33/h6-9,12-13,19,30H,2-5,10-11,14H2,1H3,(H3,26,27)(H,28,34)(H,32,33). The lowest BCUT2D eigenvalue weighted by Crippen LogP contribution is -2.39. The second-order valence-electron chi connectivity index (χ2n) is 8.54. The number of carbonyl (C=O) groups is 3. The third-order valence-corrected chi connectivity index (χ3v) is 6.06. The molecule has 0 bridgehead atoms. The molecule has 1 saturated carbocycles. The first-order chi connectivity index (χ1) is 16.2. The molecule has 0 spiro atoms. The van der Waals surface area contributed by atoms with Crippen molar-refractivity contribution >= 4 is 29.3 Å². The molecule has 9 heteroatoms. The lowest BCUT2D eigenvalue weighted by molar-refractivity contribution is -0.138. The summed E-state index contributed by atoms with van der Waals surface area (Å²) in [4.78, 5) is 38.3. The van der Waals surface area contributed by atoms with E-state index in [-0.39, 0.29) is 48.8 Å². The van der Waals surface area contributed by atoms with Gasteiger partial charge in [-0.25, -0.2) is 0 Å². The monoisotopic (exact) mass is 466 g/mol. The zero-order valence-electron chi connectivity index (χ0n) is 19.1. The Kier molecular flexibility index (Phi) is 7.88. The Bertz CT molecular complexity index is 1110. The summed E-state index contributed by atoms with van der Waals surface area (Å²) in [6.07, 6.45) is 3.47. The van der Waals surface area contributed by atoms with Gasteiger partial charge in [-0.2, -0.15) is 0 Å². The van der Waals surface area contributed by atoms with E-state index in [2.05, 4.69) is 5.32 Å². The molecule has 9 nitrogen and oxygen atoms in total. The van der Waals surface area contributed by atoms with Crippen molar-refractivity contribution in [3.05, 3.63) is 58.7 Å². The number of aryl methyl sites for hydroxylation is 1. The Morgan fingerprint density at radius 2 is 1.76 bits per heavy atom. The number of amides is 2. The highest BCUT2D eigenvalue weighted by Gasteiger charge is 2.29. The molecular formula is C25H30N4O5. The van der Waals surface area contributed by atoms with Crippen LogP contribution in [0.2, 0.25) is 0 Å². The molecule has 1 aliphatic rings. The first-order valence-electron chi connectivity index (χ1n) is 11.3. The van der Waals surface area contributed by atoms with Crippen LogP contribution in [-0.2, 0) is 16.1 Å². The molecule has 34 heavy (non-hydrogen) atoms. The molecule has 0 unspecified atom stereocenters. The number of carboxylic acid groups (broad SMARTS) is 1. The Morgan fingerprint density at radius 1 is 1.09 bits per heavy atom. The van der Waals surface area contributed by atoms with Crippen LogP contribution in [0.15, 0.2) is 36.4 Å². The number of nitrogens with zero attached hydrogens (tertiary/aromatic N) is 1. The van der Waals surface area contributed by atoms with E-state index in [1.54, 1.807) is 29.2 Å². The van der Waals surface area contributed by atoms with Gasteiger partial charge >= 0.3 is 5.97 Å². The third kappa shape index (κ3) is 5.92. The fourth-order valence-corrected chi connectivity index (χ4v) is 4.27. The number of anilines is 1. The van der Waals surface area contributed by atoms with Crippen molar-refractivity contribution in [2.24, 2.45) is 5.73 Å². The van der Waals surface area contributed by atoms with E-state index in [1.165, 1.54) is 12.1 Å². The molecule has 0 aromatic heterocycles. The van der Waals surface area contributed by atoms with Crippen LogP contribution in [0.25, 0.3) is 0 Å². The van der Waals surface area contributed by atoms with E-state index in [1.807, 2.05) is 6.92 Å². The van der Waals surface area contributed by atoms with Gasteiger partial charge in [-0.15, -0.1) is 0 Å². The molecule has 0 aliphatic heterocycles. The summed E-state index contributed by atoms with van der Waals surface area (Å²) in [5.74, 6) is -1.74. The minimum atomic E-state index is -1.01. The molecule has 6 N–H and O–H groups in total. The van der Waals surface area contributed by atoms with Gasteiger partial charge in [0.25, 0.3) is 5.91 Å². The maximum absolute atomic E-state index is 12.9. The predicted octanol–water partition coefficient (Wildman–Crippen LogP) is 3.06. The highest BCUT2D eigenvalue weighted by Crippen LogP contribution is 2.32. The number of hydrogen-bond donors (Lipinski definition) is 5. The number of aromatic hydroxyl groups is 1. The van der Waals surface area contributed by atoms with Gasteiger partial charge in [-0.05, 0) is 61.7 Å². The molecule has 1 aliphatic carbocycles. The van der Waals surface area contributed by atoms with Gasteiger partial charge in [0.05, 0.1) is 6.42 Å². The van der Waals surface area contributed by atoms with Gasteiger partial charge in [0.15, 0.2) is 0 Å². The number of carboxylic acids is 1. The van der Waals surface area contributed by atoms with Crippen molar-refractivity contribution in [2.75, 3.05) is 4.90 Å². The van der Waals surface area contributed by atoms with Gasteiger partial charge < -0.3 is 26.2 Å². The van der Waals surface area contributed by atoms with Crippen LogP contribution >= 0.6 is 0 Å². The molecular weight excluding hydrogens is 436 g/mol. The zero-order valence-corrected chi connectivity index (χ0v) is 19.1. The number of rotatable bonds is 9. The second kappa shape index (κ2) is 10.8. The number of nitrogens with two attached hydrogens (primary N) is 1. The van der Waals surface area contributed by atoms with Crippen LogP contribution < -0.4 is 16.0 Å². The van der Waals surface area contributed by atoms with Crippen LogP contribution in [0.5, 0.6) is 5.75 Å². The maximum Gasteiger partial charge on any atom is 0.303 e. The molecule has 1 fully saturated rings. The normalized spacial score (nSPS) is 13.4. The smallest absolute Gasteiger partial charge is 0.303 e. The summed E-state index contributed by atoms with van der Waals surface area (Å²) >= 11 is 0. The van der Waals surface area contributed by atoms with Crippen LogP contribution in [0.1, 0.15) is 65.6 Å². The first kappa shape index (κ1) is 24.8. The Morgan fingerprint density at radius 3 is 2.38 bits per heavy atom. The number of nitrogens with one attached hydrogen (secondary N) is 2. The van der Waals surface area contributed by atoms with Gasteiger partial charge in [0.1, 0.15) is 11.6 Å². The maximum atomic E-state index is 12.9. The average Bonchev–Trinajstić information content (AvgIpc) is 3.32. The number of phenolic OH excluding ortho intramolecular Hbond substituents is 1. The summed E-state index contributed by atoms with van der Waals surface area (Å²) in [6.45, 7) is 1.87. The van der Waals surface area contributed by atoms with Gasteiger partial charge in [-0.1, -0.05) is 12.8 Å². The number of phenols is 1. The highest BCUT2D eigenvalue weighted by molar-refractivity contribution is 5.99. The van der Waals surface area contributed by atoms with E-state index in [4.69, 9.17) is 16.2 Å². The highest BCUT2D eigenvalue weighted by atomic mass is 16.4. The molecule has 0 atom stereocenters. The van der Waals surface area contributed by atoms with Crippen LogP contribution in [-0.4, -0.2) is 39.9 Å². The van der Waals surface area contributed by atoms with E-state index < -0.39 is 5.97 Å². The van der Waals surface area contributed by atoms with Crippen molar-refractivity contribution in [1.29, 1.82) is 5.41 Å². The summed E-state index contributed by atoms with van der Waals surface area (Å²) < 4.78 is 0. The quantitative estimate of drug-likeness (QED) is 0.282. The molecule has 180 valence electrons. The predicted molar refractivity (Wildman–Crippen MR) is 128 cm³/mol. The number of nitrogen functional groups attached to an aromatic ring is 1. The summed E-state index contributed by atoms with van der Waals surface area (Å²) in [5.41, 5.74) is 8.20. The first-order valence-corrected chi connectivity index (χ1v) is 11.3. The topological polar surface area (TPSA) is 157 Å². The number of benzene rings is 2. The largest absolute Gasteiger partial charge is 0.508 e. The lowest BCUT2D eigenvalue weighted by atomic mass is 10.0. The molecule has 0 radical (unpaired) electrons. The third-order valence-electron chi connectivity index (χ3n) is 6.06. The Balaban J connectivity index is 1.76. The van der Waals surface area contributed by atoms with Crippen LogP contribution in [0.3, 0.4) is 0 Å². The molecule has 3 rings (SSSR count). The molecule has 0 heterocycles. The number of carbonyl (C=O) groups excluding carboxylic acids is 2. The van der Waals surface area contributed by atoms with Crippen LogP contribution in [0, 0.1) is 12.3 Å². The Labute approximate surface area is 198 Å². The fourth-order valence-electron chi connectivity index (χ4n) is 4.27. The second-order valence-corrected chi connectivity index (χ2v) is 8.54. The van der Waals surface area contributed by atoms with Crippen molar-refractivity contribution in [1.82, 2.24) is 5.32 Å². The number of aliphatic carboxylic acids is 1. The van der Waals surface area contributed by atoms with Crippen LogP contribution in [0.4, 0.5) is 5.69 Å². The average molecular weight is 467 g/mol. The number of hydrogen-bond acceptors (Lipinski definition) is 5. The summed E-state index contributed by atoms with van der Waals surface area (Å²) in [5, 5.41) is 29.3. The van der Waals surface area contributed by atoms with E-state index in [0.29, 0.717) is 22.4 Å². The van der Waals surface area contributed by atoms with Crippen molar-refractivity contribution in [3.63, 3.8) is 0 Å². The minimum absolute atomic E-state index is 0.0103. The summed E-state index contributed by atoms with van der Waals surface area (Å²) in [7, 11) is 0. The molecule has 2 amide bonds. The van der Waals surface area contributed by atoms with Gasteiger partial charge in [0, 0.05) is 41.4 Å².